The minimum absolute atomic E-state index is 0.0886. The lowest BCUT2D eigenvalue weighted by Crippen LogP contribution is -2.29. The van der Waals surface area contributed by atoms with E-state index in [0.29, 0.717) is 47.4 Å². The number of likely N-dealkylation sites (N-methyl/N-ethyl adjacent to an activating group) is 1. The second-order valence-corrected chi connectivity index (χ2v) is 5.99. The molecule has 0 spiro atoms. The molecular weight excluding hydrogens is 325 g/mol. The van der Waals surface area contributed by atoms with Gasteiger partial charge in [-0.3, -0.25) is 9.59 Å². The Bertz CT molecular complexity index is 857. The fourth-order valence-electron chi connectivity index (χ4n) is 2.94. The van der Waals surface area contributed by atoms with Gasteiger partial charge in [0, 0.05) is 43.7 Å². The molecule has 0 fully saturated rings. The Morgan fingerprint density at radius 1 is 1.40 bits per heavy atom. The van der Waals surface area contributed by atoms with Crippen LogP contribution < -0.4 is 5.32 Å². The summed E-state index contributed by atoms with van der Waals surface area (Å²) < 4.78 is 18.7. The number of halogens is 1. The summed E-state index contributed by atoms with van der Waals surface area (Å²) in [5.74, 6) is -0.741. The quantitative estimate of drug-likeness (QED) is 0.870. The number of carbonyl (C=O) groups excluding carboxylic acids is 2. The van der Waals surface area contributed by atoms with E-state index in [-0.39, 0.29) is 24.1 Å². The summed E-state index contributed by atoms with van der Waals surface area (Å²) in [5.41, 5.74) is 2.32. The van der Waals surface area contributed by atoms with E-state index < -0.39 is 0 Å². The highest BCUT2D eigenvalue weighted by Gasteiger charge is 2.25. The van der Waals surface area contributed by atoms with Crippen molar-refractivity contribution < 1.29 is 18.7 Å². The number of hydrogen-bond donors (Lipinski definition) is 2. The minimum Gasteiger partial charge on any atom is -0.383 e. The monoisotopic (exact) mass is 345 g/mol. The Morgan fingerprint density at radius 2 is 2.20 bits per heavy atom. The summed E-state index contributed by atoms with van der Waals surface area (Å²) in [6, 6.07) is 4.32. The highest BCUT2D eigenvalue weighted by Crippen LogP contribution is 2.32. The van der Waals surface area contributed by atoms with E-state index in [0.717, 1.165) is 0 Å². The normalized spacial score (nSPS) is 13.9. The third-order valence-electron chi connectivity index (χ3n) is 4.32. The van der Waals surface area contributed by atoms with Crippen molar-refractivity contribution in [2.24, 2.45) is 0 Å². The molecule has 1 aromatic carbocycles. The van der Waals surface area contributed by atoms with Gasteiger partial charge in [-0.05, 0) is 23.8 Å². The maximum Gasteiger partial charge on any atom is 0.268 e. The number of benzene rings is 1. The molecule has 2 aromatic rings. The number of aromatic amines is 1. The van der Waals surface area contributed by atoms with Crippen molar-refractivity contribution in [1.29, 1.82) is 0 Å². The molecule has 2 N–H and O–H groups in total. The molecule has 0 saturated carbocycles. The van der Waals surface area contributed by atoms with Gasteiger partial charge in [0.05, 0.1) is 13.0 Å². The second kappa shape index (κ2) is 7.06. The Labute approximate surface area is 144 Å². The Kier molecular flexibility index (Phi) is 4.85. The van der Waals surface area contributed by atoms with E-state index in [1.807, 2.05) is 6.08 Å². The summed E-state index contributed by atoms with van der Waals surface area (Å²) in [5, 5.41) is 3.36. The predicted molar refractivity (Wildman–Crippen MR) is 92.7 cm³/mol. The molecule has 7 heteroatoms. The van der Waals surface area contributed by atoms with E-state index >= 15 is 0 Å². The van der Waals surface area contributed by atoms with Crippen LogP contribution in [-0.4, -0.2) is 55.6 Å². The number of H-pyrrole nitrogens is 1. The summed E-state index contributed by atoms with van der Waals surface area (Å²) in [6.07, 6.45) is 1.94. The molecule has 0 unspecified atom stereocenters. The lowest BCUT2D eigenvalue weighted by atomic mass is 9.98. The van der Waals surface area contributed by atoms with E-state index in [1.165, 1.54) is 12.1 Å². The molecule has 1 aliphatic heterocycles. The smallest absolute Gasteiger partial charge is 0.268 e. The number of hydrogen-bond acceptors (Lipinski definition) is 3. The van der Waals surface area contributed by atoms with E-state index in [4.69, 9.17) is 4.74 Å². The number of amides is 2. The second-order valence-electron chi connectivity index (χ2n) is 5.99. The van der Waals surface area contributed by atoms with Crippen molar-refractivity contribution in [2.45, 2.75) is 6.42 Å². The molecule has 6 nitrogen and oxygen atoms in total. The fraction of sp³-hybridized carbons (Fsp3) is 0.333. The minimum atomic E-state index is -0.387. The number of carbonyl (C=O) groups is 2. The van der Waals surface area contributed by atoms with Gasteiger partial charge in [-0.25, -0.2) is 4.39 Å². The van der Waals surface area contributed by atoms with Crippen molar-refractivity contribution >= 4 is 28.3 Å². The predicted octanol–water partition coefficient (Wildman–Crippen LogP) is 1.93. The number of aromatic nitrogens is 1. The zero-order valence-electron chi connectivity index (χ0n) is 14.2. The molecule has 0 saturated heterocycles. The van der Waals surface area contributed by atoms with Crippen LogP contribution in [0.25, 0.3) is 16.5 Å². The summed E-state index contributed by atoms with van der Waals surface area (Å²) in [4.78, 5) is 29.4. The average Bonchev–Trinajstić information content (AvgIpc) is 2.89. The highest BCUT2D eigenvalue weighted by atomic mass is 19.1. The van der Waals surface area contributed by atoms with Crippen molar-refractivity contribution in [3.63, 3.8) is 0 Å². The van der Waals surface area contributed by atoms with Crippen LogP contribution >= 0.6 is 0 Å². The van der Waals surface area contributed by atoms with Crippen LogP contribution in [0.5, 0.6) is 0 Å². The van der Waals surface area contributed by atoms with Crippen molar-refractivity contribution in [3.05, 3.63) is 41.3 Å². The molecule has 0 atom stereocenters. The van der Waals surface area contributed by atoms with Gasteiger partial charge in [-0.2, -0.15) is 0 Å². The van der Waals surface area contributed by atoms with Crippen LogP contribution in [0.15, 0.2) is 24.3 Å². The molecule has 132 valence electrons. The van der Waals surface area contributed by atoms with Crippen LogP contribution in [0, 0.1) is 5.82 Å². The molecular formula is C18H20FN3O3. The first kappa shape index (κ1) is 17.2. The Morgan fingerprint density at radius 3 is 2.96 bits per heavy atom. The average molecular weight is 345 g/mol. The van der Waals surface area contributed by atoms with Crippen LogP contribution in [0.1, 0.15) is 22.5 Å². The van der Waals surface area contributed by atoms with Crippen LogP contribution in [0.3, 0.4) is 0 Å². The lowest BCUT2D eigenvalue weighted by molar-refractivity contribution is -0.129. The first-order valence-corrected chi connectivity index (χ1v) is 8.03. The zero-order chi connectivity index (χ0) is 18.0. The SMILES string of the molecule is COCCN(C)C(=O)CC1=CCNC(=O)c2[nH]c3ccc(F)cc3c21. The van der Waals surface area contributed by atoms with E-state index in [1.54, 1.807) is 25.1 Å². The molecule has 2 heterocycles. The number of rotatable bonds is 5. The van der Waals surface area contributed by atoms with E-state index in [2.05, 4.69) is 10.3 Å². The van der Waals surface area contributed by atoms with Crippen molar-refractivity contribution in [1.82, 2.24) is 15.2 Å². The maximum absolute atomic E-state index is 13.7. The molecule has 25 heavy (non-hydrogen) atoms. The molecule has 2 amide bonds. The molecule has 0 aliphatic carbocycles. The van der Waals surface area contributed by atoms with E-state index in [9.17, 15) is 14.0 Å². The first-order valence-electron chi connectivity index (χ1n) is 8.03. The summed E-state index contributed by atoms with van der Waals surface area (Å²) >= 11 is 0. The molecule has 1 aromatic heterocycles. The van der Waals surface area contributed by atoms with Crippen molar-refractivity contribution in [2.75, 3.05) is 33.9 Å². The maximum atomic E-state index is 13.7. The molecule has 0 bridgehead atoms. The van der Waals surface area contributed by atoms with Gasteiger partial charge in [0.2, 0.25) is 5.91 Å². The Hall–Kier alpha value is -2.67. The van der Waals surface area contributed by atoms with Gasteiger partial charge in [-0.15, -0.1) is 0 Å². The van der Waals surface area contributed by atoms with Gasteiger partial charge in [0.1, 0.15) is 11.5 Å². The molecule has 1 aliphatic rings. The van der Waals surface area contributed by atoms with Gasteiger partial charge in [-0.1, -0.05) is 6.08 Å². The number of methoxy groups -OCH3 is 1. The Balaban J connectivity index is 1.99. The summed E-state index contributed by atoms with van der Waals surface area (Å²) in [6.45, 7) is 1.25. The fourth-order valence-corrected chi connectivity index (χ4v) is 2.94. The highest BCUT2D eigenvalue weighted by molar-refractivity contribution is 6.09. The standard InChI is InChI=1S/C18H20FN3O3/c1-22(7-8-25-2)15(23)9-11-5-6-20-18(24)17-16(11)13-10-12(19)3-4-14(13)21-17/h3-5,10,21H,6-9H2,1-2H3,(H,20,24). The van der Waals surface area contributed by atoms with Gasteiger partial charge < -0.3 is 19.9 Å². The zero-order valence-corrected chi connectivity index (χ0v) is 14.2. The number of nitrogens with one attached hydrogen (secondary N) is 2. The van der Waals surface area contributed by atoms with Gasteiger partial charge in [0.25, 0.3) is 5.91 Å². The third-order valence-corrected chi connectivity index (χ3v) is 4.32. The van der Waals surface area contributed by atoms with Gasteiger partial charge in [0.15, 0.2) is 0 Å². The van der Waals surface area contributed by atoms with Crippen molar-refractivity contribution in [3.8, 4) is 0 Å². The third kappa shape index (κ3) is 3.41. The summed E-state index contributed by atoms with van der Waals surface area (Å²) in [7, 11) is 3.29. The molecule has 0 radical (unpaired) electrons. The van der Waals surface area contributed by atoms with Gasteiger partial charge >= 0.3 is 0 Å². The first-order chi connectivity index (χ1) is 12.0. The topological polar surface area (TPSA) is 74.4 Å². The largest absolute Gasteiger partial charge is 0.383 e. The van der Waals surface area contributed by atoms with Crippen LogP contribution in [-0.2, 0) is 9.53 Å². The van der Waals surface area contributed by atoms with Crippen LogP contribution in [0.2, 0.25) is 0 Å². The molecule has 3 rings (SSSR count). The number of nitrogens with zero attached hydrogens (tertiary/aromatic N) is 1. The number of ether oxygens (including phenoxy) is 1. The lowest BCUT2D eigenvalue weighted by Gasteiger charge is -2.17. The van der Waals surface area contributed by atoms with Crippen LogP contribution in [0.4, 0.5) is 4.39 Å². The number of fused-ring (bicyclic) bond motifs is 3.